The zero-order valence-corrected chi connectivity index (χ0v) is 12.7. The summed E-state index contributed by atoms with van der Waals surface area (Å²) >= 11 is 0. The summed E-state index contributed by atoms with van der Waals surface area (Å²) in [6.07, 6.45) is 0.139. The lowest BCUT2D eigenvalue weighted by Gasteiger charge is -2.47. The van der Waals surface area contributed by atoms with Gasteiger partial charge in [-0.1, -0.05) is 12.1 Å². The van der Waals surface area contributed by atoms with Crippen LogP contribution in [0.2, 0.25) is 0 Å². The summed E-state index contributed by atoms with van der Waals surface area (Å²) in [5, 5.41) is 18.3. The molecule has 2 atom stereocenters. The number of benzene rings is 2. The number of aromatic hydroxyl groups is 1. The number of anilines is 1. The molecular weight excluding hydrogens is 313 g/mol. The second-order valence-corrected chi connectivity index (χ2v) is 5.76. The molecule has 2 aromatic rings. The highest BCUT2D eigenvalue weighted by Gasteiger charge is 2.48. The molecule has 1 fully saturated rings. The summed E-state index contributed by atoms with van der Waals surface area (Å²) in [7, 11) is 0. The van der Waals surface area contributed by atoms with Crippen LogP contribution in [0.1, 0.15) is 24.4 Å². The second kappa shape index (κ2) is 6.31. The van der Waals surface area contributed by atoms with Crippen molar-refractivity contribution in [3.63, 3.8) is 0 Å². The number of halogens is 1. The van der Waals surface area contributed by atoms with Crippen LogP contribution < -0.4 is 4.90 Å². The smallest absolute Gasteiger partial charge is 0.303 e. The number of aliphatic carboxylic acids is 1. The molecule has 2 aromatic carbocycles. The van der Waals surface area contributed by atoms with Gasteiger partial charge >= 0.3 is 5.97 Å². The second-order valence-electron chi connectivity index (χ2n) is 5.76. The molecule has 0 saturated carbocycles. The van der Waals surface area contributed by atoms with E-state index in [9.17, 15) is 19.1 Å². The van der Waals surface area contributed by atoms with E-state index in [2.05, 4.69) is 0 Å². The number of hydrogen-bond acceptors (Lipinski definition) is 3. The van der Waals surface area contributed by atoms with Crippen molar-refractivity contribution in [3.8, 4) is 5.75 Å². The van der Waals surface area contributed by atoms with Gasteiger partial charge in [0.25, 0.3) is 0 Å². The van der Waals surface area contributed by atoms with E-state index in [1.807, 2.05) is 0 Å². The minimum absolute atomic E-state index is 0.0950. The van der Waals surface area contributed by atoms with Crippen LogP contribution in [0, 0.1) is 11.7 Å². The maximum atomic E-state index is 13.1. The average molecular weight is 329 g/mol. The van der Waals surface area contributed by atoms with Crippen molar-refractivity contribution in [2.45, 2.75) is 18.9 Å². The summed E-state index contributed by atoms with van der Waals surface area (Å²) in [5.41, 5.74) is 1.36. The normalized spacial score (nSPS) is 19.9. The van der Waals surface area contributed by atoms with E-state index >= 15 is 0 Å². The molecule has 1 heterocycles. The van der Waals surface area contributed by atoms with Crippen molar-refractivity contribution < 1.29 is 24.2 Å². The van der Waals surface area contributed by atoms with Gasteiger partial charge in [0.15, 0.2) is 0 Å². The third kappa shape index (κ3) is 2.95. The van der Waals surface area contributed by atoms with E-state index in [4.69, 9.17) is 5.11 Å². The Morgan fingerprint density at radius 3 is 2.29 bits per heavy atom. The molecule has 0 radical (unpaired) electrons. The maximum Gasteiger partial charge on any atom is 0.303 e. The van der Waals surface area contributed by atoms with Crippen molar-refractivity contribution in [1.29, 1.82) is 0 Å². The highest BCUT2D eigenvalue weighted by Crippen LogP contribution is 2.45. The molecule has 2 N–H and O–H groups in total. The fraction of sp³-hybridized carbons (Fsp3) is 0.222. The van der Waals surface area contributed by atoms with E-state index < -0.39 is 17.7 Å². The third-order valence-electron chi connectivity index (χ3n) is 4.22. The lowest BCUT2D eigenvalue weighted by molar-refractivity contribution is -0.138. The first-order chi connectivity index (χ1) is 11.5. The highest BCUT2D eigenvalue weighted by molar-refractivity contribution is 6.03. The Bertz CT molecular complexity index is 758. The SMILES string of the molecule is O=C(O)CCC1C(=O)N(c2ccc(F)cc2)C1c1ccc(O)cc1. The summed E-state index contributed by atoms with van der Waals surface area (Å²) in [6, 6.07) is 11.7. The predicted molar refractivity (Wildman–Crippen MR) is 85.1 cm³/mol. The first kappa shape index (κ1) is 16.0. The van der Waals surface area contributed by atoms with Gasteiger partial charge in [0.05, 0.1) is 12.0 Å². The van der Waals surface area contributed by atoms with Gasteiger partial charge in [-0.25, -0.2) is 4.39 Å². The molecule has 0 bridgehead atoms. The molecule has 3 rings (SSSR count). The van der Waals surface area contributed by atoms with Crippen LogP contribution in [0.4, 0.5) is 10.1 Å². The number of carboxylic acids is 1. The molecule has 1 saturated heterocycles. The van der Waals surface area contributed by atoms with E-state index in [0.717, 1.165) is 5.56 Å². The Kier molecular flexibility index (Phi) is 4.20. The quantitative estimate of drug-likeness (QED) is 0.826. The van der Waals surface area contributed by atoms with Crippen LogP contribution >= 0.6 is 0 Å². The number of carboxylic acid groups (broad SMARTS) is 1. The number of rotatable bonds is 5. The van der Waals surface area contributed by atoms with Crippen LogP contribution in [0.15, 0.2) is 48.5 Å². The molecule has 0 aliphatic carbocycles. The van der Waals surface area contributed by atoms with Crippen LogP contribution in [0.5, 0.6) is 5.75 Å². The zero-order valence-electron chi connectivity index (χ0n) is 12.7. The Labute approximate surface area is 138 Å². The number of phenols is 1. The largest absolute Gasteiger partial charge is 0.508 e. The van der Waals surface area contributed by atoms with Crippen molar-refractivity contribution in [2.24, 2.45) is 5.92 Å². The lowest BCUT2D eigenvalue weighted by Crippen LogP contribution is -2.55. The van der Waals surface area contributed by atoms with Gasteiger partial charge in [0, 0.05) is 12.1 Å². The number of carbonyl (C=O) groups excluding carboxylic acids is 1. The van der Waals surface area contributed by atoms with Crippen LogP contribution in [0.25, 0.3) is 0 Å². The molecule has 0 aromatic heterocycles. The van der Waals surface area contributed by atoms with Gasteiger partial charge in [-0.05, 0) is 48.4 Å². The van der Waals surface area contributed by atoms with Gasteiger partial charge < -0.3 is 15.1 Å². The Hall–Kier alpha value is -2.89. The molecule has 1 aliphatic rings. The van der Waals surface area contributed by atoms with E-state index in [1.54, 1.807) is 17.0 Å². The number of amides is 1. The van der Waals surface area contributed by atoms with Crippen molar-refractivity contribution in [3.05, 3.63) is 59.9 Å². The summed E-state index contributed by atoms with van der Waals surface area (Å²) < 4.78 is 13.1. The van der Waals surface area contributed by atoms with Crippen LogP contribution in [0.3, 0.4) is 0 Å². The summed E-state index contributed by atoms with van der Waals surface area (Å²) in [5.74, 6) is -1.86. The number of nitrogens with zero attached hydrogens (tertiary/aromatic N) is 1. The maximum absolute atomic E-state index is 13.1. The number of phenolic OH excluding ortho intramolecular Hbond substituents is 1. The number of hydrogen-bond donors (Lipinski definition) is 2. The number of carbonyl (C=O) groups is 2. The first-order valence-corrected chi connectivity index (χ1v) is 7.57. The van der Waals surface area contributed by atoms with Crippen molar-refractivity contribution in [2.75, 3.05) is 4.90 Å². The molecule has 2 unspecified atom stereocenters. The Balaban J connectivity index is 1.92. The van der Waals surface area contributed by atoms with Gasteiger partial charge in [0.2, 0.25) is 5.91 Å². The van der Waals surface area contributed by atoms with Gasteiger partial charge in [-0.3, -0.25) is 9.59 Å². The predicted octanol–water partition coefficient (Wildman–Crippen LogP) is 3.10. The van der Waals surface area contributed by atoms with E-state index in [1.165, 1.54) is 36.4 Å². The van der Waals surface area contributed by atoms with Gasteiger partial charge in [-0.15, -0.1) is 0 Å². The monoisotopic (exact) mass is 329 g/mol. The third-order valence-corrected chi connectivity index (χ3v) is 4.22. The minimum Gasteiger partial charge on any atom is -0.508 e. The Morgan fingerprint density at radius 1 is 1.08 bits per heavy atom. The standard InChI is InChI=1S/C18H16FNO4/c19-12-3-5-13(6-4-12)20-17(11-1-7-14(21)8-2-11)15(18(20)24)9-10-16(22)23/h1-8,15,17,21H,9-10H2,(H,22,23). The topological polar surface area (TPSA) is 77.8 Å². The fourth-order valence-electron chi connectivity index (χ4n) is 3.05. The molecule has 24 heavy (non-hydrogen) atoms. The molecule has 1 aliphatic heterocycles. The molecule has 1 amide bonds. The molecule has 5 nitrogen and oxygen atoms in total. The van der Waals surface area contributed by atoms with Gasteiger partial charge in [-0.2, -0.15) is 0 Å². The average Bonchev–Trinajstić information content (AvgIpc) is 2.55. The van der Waals surface area contributed by atoms with Crippen molar-refractivity contribution >= 4 is 17.6 Å². The number of β-lactam (4-membered cyclic amide) rings is 1. The first-order valence-electron chi connectivity index (χ1n) is 7.57. The molecule has 0 spiro atoms. The molecule has 124 valence electrons. The van der Waals surface area contributed by atoms with Crippen molar-refractivity contribution in [1.82, 2.24) is 0 Å². The lowest BCUT2D eigenvalue weighted by atomic mass is 9.79. The van der Waals surface area contributed by atoms with E-state index in [0.29, 0.717) is 5.69 Å². The summed E-state index contributed by atoms with van der Waals surface area (Å²) in [4.78, 5) is 24.9. The van der Waals surface area contributed by atoms with E-state index in [-0.39, 0.29) is 30.5 Å². The van der Waals surface area contributed by atoms with Crippen LogP contribution in [-0.2, 0) is 9.59 Å². The highest BCUT2D eigenvalue weighted by atomic mass is 19.1. The molecule has 6 heteroatoms. The Morgan fingerprint density at radius 2 is 1.71 bits per heavy atom. The molecular formula is C18H16FNO4. The zero-order chi connectivity index (χ0) is 17.3. The summed E-state index contributed by atoms with van der Waals surface area (Å²) in [6.45, 7) is 0. The fourth-order valence-corrected chi connectivity index (χ4v) is 3.05. The van der Waals surface area contributed by atoms with Crippen LogP contribution in [-0.4, -0.2) is 22.1 Å². The van der Waals surface area contributed by atoms with Gasteiger partial charge in [0.1, 0.15) is 11.6 Å². The minimum atomic E-state index is -0.951.